The summed E-state index contributed by atoms with van der Waals surface area (Å²) in [6.07, 6.45) is 3.98. The minimum absolute atomic E-state index is 0.249. The summed E-state index contributed by atoms with van der Waals surface area (Å²) < 4.78 is 0. The fourth-order valence-corrected chi connectivity index (χ4v) is 3.03. The van der Waals surface area contributed by atoms with Gasteiger partial charge in [-0.1, -0.05) is 25.1 Å². The summed E-state index contributed by atoms with van der Waals surface area (Å²) in [6, 6.07) is 0.638. The zero-order chi connectivity index (χ0) is 10.2. The van der Waals surface area contributed by atoms with Gasteiger partial charge in [0.25, 0.3) is 0 Å². The Morgan fingerprint density at radius 3 is 2.93 bits per heavy atom. The number of hydrogen-bond donors (Lipinski definition) is 1. The highest BCUT2D eigenvalue weighted by Gasteiger charge is 2.37. The molecule has 2 fully saturated rings. The van der Waals surface area contributed by atoms with Crippen LogP contribution in [0.25, 0.3) is 0 Å². The second-order valence-corrected chi connectivity index (χ2v) is 6.05. The normalized spacial score (nSPS) is 37.2. The molecule has 2 unspecified atom stereocenters. The summed E-state index contributed by atoms with van der Waals surface area (Å²) in [5, 5.41) is 4.66. The topological polar surface area (TPSA) is 24.4 Å². The van der Waals surface area contributed by atoms with Crippen molar-refractivity contribution in [1.29, 1.82) is 0 Å². The Morgan fingerprint density at radius 2 is 2.36 bits per heavy atom. The molecule has 2 nitrogen and oxygen atoms in total. The predicted octanol–water partition coefficient (Wildman–Crippen LogP) is 2.65. The molecule has 0 bridgehead atoms. The van der Waals surface area contributed by atoms with Gasteiger partial charge in [0.2, 0.25) is 0 Å². The molecule has 1 heterocycles. The molecule has 1 N–H and O–H groups in total. The molecule has 0 aromatic heterocycles. The van der Waals surface area contributed by atoms with Crippen molar-refractivity contribution in [3.8, 4) is 0 Å². The monoisotopic (exact) mass is 212 g/mol. The van der Waals surface area contributed by atoms with E-state index < -0.39 is 0 Å². The van der Waals surface area contributed by atoms with Crippen LogP contribution in [-0.2, 0) is 0 Å². The van der Waals surface area contributed by atoms with Crippen LogP contribution < -0.4 is 5.32 Å². The Balaban J connectivity index is 1.83. The van der Waals surface area contributed by atoms with Gasteiger partial charge in [-0.25, -0.2) is 0 Å². The van der Waals surface area contributed by atoms with E-state index in [1.54, 1.807) is 0 Å². The second-order valence-electron chi connectivity index (χ2n) is 5.08. The van der Waals surface area contributed by atoms with Gasteiger partial charge in [-0.3, -0.25) is 4.99 Å². The van der Waals surface area contributed by atoms with Crippen LogP contribution in [0.3, 0.4) is 0 Å². The molecular weight excluding hydrogens is 192 g/mol. The lowest BCUT2D eigenvalue weighted by molar-refractivity contribution is 0.535. The maximum atomic E-state index is 4.75. The van der Waals surface area contributed by atoms with E-state index in [0.717, 1.165) is 11.7 Å². The quantitative estimate of drug-likeness (QED) is 0.778. The molecule has 1 saturated heterocycles. The average molecular weight is 212 g/mol. The Morgan fingerprint density at radius 1 is 1.57 bits per heavy atom. The van der Waals surface area contributed by atoms with Crippen molar-refractivity contribution in [3.63, 3.8) is 0 Å². The number of nitrogens with zero attached hydrogens (tertiary/aromatic N) is 1. The number of hydrogen-bond acceptors (Lipinski definition) is 2. The van der Waals surface area contributed by atoms with E-state index in [0.29, 0.717) is 6.04 Å². The third-order valence-electron chi connectivity index (χ3n) is 2.84. The largest absolute Gasteiger partial charge is 0.359 e. The van der Waals surface area contributed by atoms with Gasteiger partial charge in [0.1, 0.15) is 0 Å². The Hall–Kier alpha value is -0.180. The summed E-state index contributed by atoms with van der Waals surface area (Å²) in [7, 11) is 0. The first-order valence-electron chi connectivity index (χ1n) is 5.59. The highest BCUT2D eigenvalue weighted by molar-refractivity contribution is 8.14. The molecule has 1 aliphatic heterocycles. The minimum atomic E-state index is 0.249. The third-order valence-corrected chi connectivity index (χ3v) is 4.19. The van der Waals surface area contributed by atoms with Gasteiger partial charge in [-0.2, -0.15) is 0 Å². The Kier molecular flexibility index (Phi) is 2.78. The fraction of sp³-hybridized carbons (Fsp3) is 0.909. The number of rotatable bonds is 3. The van der Waals surface area contributed by atoms with Gasteiger partial charge in [0.15, 0.2) is 5.17 Å². The molecule has 2 atom stereocenters. The van der Waals surface area contributed by atoms with Crippen molar-refractivity contribution in [1.82, 2.24) is 5.32 Å². The maximum Gasteiger partial charge on any atom is 0.157 e. The van der Waals surface area contributed by atoms with Gasteiger partial charge in [-0.15, -0.1) is 0 Å². The summed E-state index contributed by atoms with van der Waals surface area (Å²) in [4.78, 5) is 4.75. The van der Waals surface area contributed by atoms with Crippen molar-refractivity contribution in [2.75, 3.05) is 5.75 Å². The van der Waals surface area contributed by atoms with Crippen molar-refractivity contribution < 1.29 is 0 Å². The number of aliphatic imine (C=N–C) groups is 1. The molecule has 2 aliphatic rings. The molecule has 14 heavy (non-hydrogen) atoms. The molecule has 0 radical (unpaired) electrons. The summed E-state index contributed by atoms with van der Waals surface area (Å²) in [5.74, 6) is 2.04. The molecule has 1 aliphatic carbocycles. The van der Waals surface area contributed by atoms with Gasteiger partial charge < -0.3 is 5.32 Å². The molecule has 0 spiro atoms. The Labute approximate surface area is 90.9 Å². The predicted molar refractivity (Wildman–Crippen MR) is 63.9 cm³/mol. The van der Waals surface area contributed by atoms with E-state index in [4.69, 9.17) is 4.99 Å². The molecule has 80 valence electrons. The van der Waals surface area contributed by atoms with Crippen LogP contribution in [0, 0.1) is 5.92 Å². The number of thioether (sulfide) groups is 1. The van der Waals surface area contributed by atoms with E-state index in [-0.39, 0.29) is 5.54 Å². The lowest BCUT2D eigenvalue weighted by atomic mass is 10.1. The van der Waals surface area contributed by atoms with Crippen LogP contribution in [0.1, 0.15) is 40.0 Å². The van der Waals surface area contributed by atoms with Crippen molar-refractivity contribution in [2.24, 2.45) is 10.9 Å². The van der Waals surface area contributed by atoms with Gasteiger partial charge in [-0.05, 0) is 32.6 Å². The van der Waals surface area contributed by atoms with Gasteiger partial charge >= 0.3 is 0 Å². The fourth-order valence-electron chi connectivity index (χ4n) is 1.90. The molecule has 3 heteroatoms. The molecule has 0 aromatic carbocycles. The van der Waals surface area contributed by atoms with Gasteiger partial charge in [0.05, 0.1) is 6.04 Å². The van der Waals surface area contributed by atoms with Gasteiger partial charge in [0, 0.05) is 11.3 Å². The van der Waals surface area contributed by atoms with Crippen LogP contribution in [0.15, 0.2) is 4.99 Å². The van der Waals surface area contributed by atoms with Crippen LogP contribution >= 0.6 is 11.8 Å². The first-order valence-corrected chi connectivity index (χ1v) is 6.58. The standard InChI is InChI=1S/C11H20N2S/c1-4-5-8-6-9(8)12-10-13-11(2,3)7-14-10/h8-9H,4-7H2,1-3H3,(H,12,13). The Bertz CT molecular complexity index is 248. The van der Waals surface area contributed by atoms with Crippen LogP contribution in [0.2, 0.25) is 0 Å². The van der Waals surface area contributed by atoms with E-state index in [2.05, 4.69) is 26.1 Å². The molecule has 0 aromatic rings. The van der Waals surface area contributed by atoms with E-state index >= 15 is 0 Å². The number of nitrogens with one attached hydrogen (secondary N) is 1. The number of amidine groups is 1. The van der Waals surface area contributed by atoms with E-state index in [9.17, 15) is 0 Å². The molecular formula is C11H20N2S. The van der Waals surface area contributed by atoms with E-state index in [1.165, 1.54) is 24.4 Å². The zero-order valence-electron chi connectivity index (χ0n) is 9.34. The highest BCUT2D eigenvalue weighted by atomic mass is 32.2. The second kappa shape index (κ2) is 3.76. The maximum absolute atomic E-state index is 4.75. The van der Waals surface area contributed by atoms with Crippen molar-refractivity contribution in [3.05, 3.63) is 0 Å². The summed E-state index contributed by atoms with van der Waals surface area (Å²) in [6.45, 7) is 6.73. The lowest BCUT2D eigenvalue weighted by Crippen LogP contribution is -2.37. The minimum Gasteiger partial charge on any atom is -0.359 e. The lowest BCUT2D eigenvalue weighted by Gasteiger charge is -2.15. The summed E-state index contributed by atoms with van der Waals surface area (Å²) >= 11 is 1.88. The van der Waals surface area contributed by atoms with Crippen LogP contribution in [0.5, 0.6) is 0 Å². The average Bonchev–Trinajstić information content (AvgIpc) is 2.70. The van der Waals surface area contributed by atoms with Crippen molar-refractivity contribution in [2.45, 2.75) is 51.6 Å². The molecule has 1 saturated carbocycles. The third kappa shape index (κ3) is 2.44. The highest BCUT2D eigenvalue weighted by Crippen LogP contribution is 2.38. The summed E-state index contributed by atoms with van der Waals surface area (Å²) in [5.41, 5.74) is 0.249. The van der Waals surface area contributed by atoms with Crippen molar-refractivity contribution >= 4 is 16.9 Å². The first kappa shape index (κ1) is 10.3. The van der Waals surface area contributed by atoms with Crippen LogP contribution in [-0.4, -0.2) is 22.5 Å². The zero-order valence-corrected chi connectivity index (χ0v) is 10.2. The molecule has 0 amide bonds. The smallest absolute Gasteiger partial charge is 0.157 e. The SMILES string of the molecule is CCCC1CC1N=C1NC(C)(C)CS1. The molecule has 2 rings (SSSR count). The van der Waals surface area contributed by atoms with E-state index in [1.807, 2.05) is 11.8 Å². The van der Waals surface area contributed by atoms with Crippen LogP contribution in [0.4, 0.5) is 0 Å². The first-order chi connectivity index (χ1) is 6.61.